The van der Waals surface area contributed by atoms with Gasteiger partial charge in [0.15, 0.2) is 0 Å². The molecule has 6 heteroatoms. The van der Waals surface area contributed by atoms with Crippen LogP contribution in [0.2, 0.25) is 0 Å². The van der Waals surface area contributed by atoms with E-state index in [1.807, 2.05) is 6.08 Å². The first-order valence-electron chi connectivity index (χ1n) is 29.1. The second-order valence-corrected chi connectivity index (χ2v) is 19.6. The zero-order chi connectivity index (χ0) is 48.6. The molecule has 390 valence electrons. The summed E-state index contributed by atoms with van der Waals surface area (Å²) in [6.07, 6.45) is 72.5. The predicted octanol–water partition coefficient (Wildman–Crippen LogP) is 18.0. The molecule has 0 aromatic heterocycles. The molecule has 0 aliphatic carbocycles. The standard InChI is InChI=1S/C61H111NO5/c1-3-5-7-9-11-13-15-16-31-35-39-43-47-51-55-61(66)67-56-52-48-44-40-36-32-29-27-25-23-21-19-17-18-20-22-24-26-28-30-34-38-42-46-50-54-60(65)62-58(57-63)59(64)53-49-45-41-37-33-14-12-10-8-6-4-2/h9,11,15-16,18-21,49,53,58-59,63-64H,3-8,10,12-14,17,22-48,50-52,54-57H2,1-2H3,(H,62,65)/b11-9-,16-15-,20-18-,21-19-,53-49+. The number of amides is 1. The number of unbranched alkanes of at least 4 members (excludes halogenated alkanes) is 34. The number of carbonyl (C=O) groups excluding carboxylic acids is 2. The molecule has 6 nitrogen and oxygen atoms in total. The highest BCUT2D eigenvalue weighted by molar-refractivity contribution is 5.76. The van der Waals surface area contributed by atoms with Crippen molar-refractivity contribution in [1.82, 2.24) is 5.32 Å². The lowest BCUT2D eigenvalue weighted by molar-refractivity contribution is -0.143. The van der Waals surface area contributed by atoms with Crippen molar-refractivity contribution in [3.05, 3.63) is 60.8 Å². The number of hydrogen-bond acceptors (Lipinski definition) is 5. The van der Waals surface area contributed by atoms with Crippen LogP contribution >= 0.6 is 0 Å². The Morgan fingerprint density at radius 1 is 0.418 bits per heavy atom. The van der Waals surface area contributed by atoms with Crippen LogP contribution in [0.5, 0.6) is 0 Å². The van der Waals surface area contributed by atoms with Gasteiger partial charge in [0.2, 0.25) is 5.91 Å². The Balaban J connectivity index is 3.45. The van der Waals surface area contributed by atoms with Gasteiger partial charge in [0.05, 0.1) is 25.4 Å². The average Bonchev–Trinajstić information content (AvgIpc) is 3.33. The monoisotopic (exact) mass is 938 g/mol. The van der Waals surface area contributed by atoms with Crippen molar-refractivity contribution in [3.8, 4) is 0 Å². The molecule has 0 aliphatic heterocycles. The summed E-state index contributed by atoms with van der Waals surface area (Å²) in [6, 6.07) is -0.632. The molecule has 0 aromatic carbocycles. The van der Waals surface area contributed by atoms with E-state index in [2.05, 4.69) is 67.8 Å². The van der Waals surface area contributed by atoms with E-state index in [1.165, 1.54) is 199 Å². The van der Waals surface area contributed by atoms with Crippen LogP contribution in [0.3, 0.4) is 0 Å². The van der Waals surface area contributed by atoms with Gasteiger partial charge in [-0.3, -0.25) is 9.59 Å². The first-order chi connectivity index (χ1) is 33.0. The lowest BCUT2D eigenvalue weighted by Crippen LogP contribution is -2.45. The molecular weight excluding hydrogens is 827 g/mol. The molecule has 0 rings (SSSR count). The minimum absolute atomic E-state index is 0.00706. The number of hydrogen-bond donors (Lipinski definition) is 3. The zero-order valence-electron chi connectivity index (χ0n) is 44.4. The Morgan fingerprint density at radius 2 is 0.761 bits per heavy atom. The molecule has 67 heavy (non-hydrogen) atoms. The maximum Gasteiger partial charge on any atom is 0.305 e. The van der Waals surface area contributed by atoms with Gasteiger partial charge < -0.3 is 20.3 Å². The lowest BCUT2D eigenvalue weighted by atomic mass is 10.0. The van der Waals surface area contributed by atoms with E-state index in [4.69, 9.17) is 4.74 Å². The Morgan fingerprint density at radius 3 is 1.18 bits per heavy atom. The largest absolute Gasteiger partial charge is 0.466 e. The van der Waals surface area contributed by atoms with Crippen LogP contribution < -0.4 is 5.32 Å². The van der Waals surface area contributed by atoms with Gasteiger partial charge in [0.1, 0.15) is 0 Å². The van der Waals surface area contributed by atoms with Gasteiger partial charge in [-0.25, -0.2) is 0 Å². The smallest absolute Gasteiger partial charge is 0.305 e. The fourth-order valence-electron chi connectivity index (χ4n) is 8.50. The van der Waals surface area contributed by atoms with E-state index in [9.17, 15) is 19.8 Å². The maximum atomic E-state index is 12.4. The number of allylic oxidation sites excluding steroid dienone is 9. The van der Waals surface area contributed by atoms with Crippen molar-refractivity contribution in [2.45, 2.75) is 302 Å². The highest BCUT2D eigenvalue weighted by Gasteiger charge is 2.18. The fraction of sp³-hybridized carbons (Fsp3) is 0.803. The van der Waals surface area contributed by atoms with Crippen molar-refractivity contribution in [3.63, 3.8) is 0 Å². The van der Waals surface area contributed by atoms with Crippen LogP contribution in [0.1, 0.15) is 290 Å². The summed E-state index contributed by atoms with van der Waals surface area (Å²) in [4.78, 5) is 24.4. The topological polar surface area (TPSA) is 95.9 Å². The molecule has 2 unspecified atom stereocenters. The van der Waals surface area contributed by atoms with Crippen molar-refractivity contribution in [2.75, 3.05) is 13.2 Å². The molecule has 0 radical (unpaired) electrons. The SMILES string of the molecule is CCCC/C=C\C/C=C\CCCCCCCC(=O)OCCCCCCCCCCC/C=C\C/C=C\CCCCCCCCCCCC(=O)NC(CO)C(O)/C=C/CCCCCCCCCCC. The first-order valence-corrected chi connectivity index (χ1v) is 29.1. The van der Waals surface area contributed by atoms with Gasteiger partial charge in [0.25, 0.3) is 0 Å². The van der Waals surface area contributed by atoms with Gasteiger partial charge in [-0.1, -0.05) is 248 Å². The van der Waals surface area contributed by atoms with Crippen LogP contribution in [-0.4, -0.2) is 47.4 Å². The molecule has 0 spiro atoms. The Hall–Kier alpha value is -2.44. The normalized spacial score (nSPS) is 13.1. The van der Waals surface area contributed by atoms with Gasteiger partial charge in [0, 0.05) is 12.8 Å². The first kappa shape index (κ1) is 64.6. The molecule has 0 saturated carbocycles. The number of ether oxygens (including phenoxy) is 1. The maximum absolute atomic E-state index is 12.4. The van der Waals surface area contributed by atoms with Gasteiger partial charge in [-0.2, -0.15) is 0 Å². The van der Waals surface area contributed by atoms with Crippen LogP contribution in [0.15, 0.2) is 60.8 Å². The Kier molecular flexibility index (Phi) is 54.1. The molecule has 0 aliphatic rings. The molecule has 0 bridgehead atoms. The molecule has 3 N–H and O–H groups in total. The summed E-state index contributed by atoms with van der Waals surface area (Å²) in [5.74, 6) is -0.0836. The van der Waals surface area contributed by atoms with E-state index in [1.54, 1.807) is 6.08 Å². The summed E-state index contributed by atoms with van der Waals surface area (Å²) >= 11 is 0. The van der Waals surface area contributed by atoms with Crippen molar-refractivity contribution in [2.24, 2.45) is 0 Å². The quantitative estimate of drug-likeness (QED) is 0.0321. The zero-order valence-corrected chi connectivity index (χ0v) is 44.4. The minimum Gasteiger partial charge on any atom is -0.466 e. The van der Waals surface area contributed by atoms with Crippen LogP contribution in [-0.2, 0) is 14.3 Å². The van der Waals surface area contributed by atoms with Gasteiger partial charge in [-0.05, 0) is 89.9 Å². The Bertz CT molecular complexity index is 1170. The van der Waals surface area contributed by atoms with Crippen LogP contribution in [0, 0.1) is 0 Å². The average molecular weight is 939 g/mol. The molecule has 0 aromatic rings. The molecule has 0 heterocycles. The number of carbonyl (C=O) groups is 2. The van der Waals surface area contributed by atoms with Crippen molar-refractivity contribution < 1.29 is 24.5 Å². The minimum atomic E-state index is -0.848. The number of nitrogens with one attached hydrogen (secondary N) is 1. The molecule has 1 amide bonds. The third-order valence-electron chi connectivity index (χ3n) is 13.0. The van der Waals surface area contributed by atoms with E-state index in [0.29, 0.717) is 19.4 Å². The number of aliphatic hydroxyl groups is 2. The number of aliphatic hydroxyl groups excluding tert-OH is 2. The molecule has 0 fully saturated rings. The number of rotatable bonds is 53. The predicted molar refractivity (Wildman–Crippen MR) is 292 cm³/mol. The molecule has 0 saturated heterocycles. The van der Waals surface area contributed by atoms with E-state index < -0.39 is 12.1 Å². The third kappa shape index (κ3) is 52.8. The third-order valence-corrected chi connectivity index (χ3v) is 13.0. The summed E-state index contributed by atoms with van der Waals surface area (Å²) in [5.41, 5.74) is 0. The van der Waals surface area contributed by atoms with E-state index in [-0.39, 0.29) is 18.5 Å². The second kappa shape index (κ2) is 56.2. The van der Waals surface area contributed by atoms with Crippen LogP contribution in [0.4, 0.5) is 0 Å². The second-order valence-electron chi connectivity index (χ2n) is 19.6. The van der Waals surface area contributed by atoms with Crippen LogP contribution in [0.25, 0.3) is 0 Å². The van der Waals surface area contributed by atoms with Gasteiger partial charge in [-0.15, -0.1) is 0 Å². The summed E-state index contributed by atoms with van der Waals surface area (Å²) in [5, 5.41) is 23.0. The molecule has 2 atom stereocenters. The Labute approximate surface area is 416 Å². The van der Waals surface area contributed by atoms with E-state index >= 15 is 0 Å². The molecular formula is C61H111NO5. The highest BCUT2D eigenvalue weighted by Crippen LogP contribution is 2.15. The van der Waals surface area contributed by atoms with Gasteiger partial charge >= 0.3 is 5.97 Å². The summed E-state index contributed by atoms with van der Waals surface area (Å²) in [7, 11) is 0. The van der Waals surface area contributed by atoms with Crippen molar-refractivity contribution >= 4 is 11.9 Å². The lowest BCUT2D eigenvalue weighted by Gasteiger charge is -2.20. The fourth-order valence-corrected chi connectivity index (χ4v) is 8.50. The highest BCUT2D eigenvalue weighted by atomic mass is 16.5. The van der Waals surface area contributed by atoms with Crippen molar-refractivity contribution in [1.29, 1.82) is 0 Å². The summed E-state index contributed by atoms with van der Waals surface area (Å²) in [6.45, 7) is 4.83. The van der Waals surface area contributed by atoms with E-state index in [0.717, 1.165) is 64.2 Å². The summed E-state index contributed by atoms with van der Waals surface area (Å²) < 4.78 is 5.46. The number of esters is 1.